The molecular weight excluding hydrogens is 236 g/mol. The Bertz CT molecular complexity index is 567. The van der Waals surface area contributed by atoms with Crippen LogP contribution in [0.3, 0.4) is 0 Å². The van der Waals surface area contributed by atoms with Gasteiger partial charge < -0.3 is 16.0 Å². The lowest BCUT2D eigenvalue weighted by Crippen LogP contribution is -2.26. The maximum Gasteiger partial charge on any atom is 0.201 e. The van der Waals surface area contributed by atoms with Crippen LogP contribution in [-0.4, -0.2) is 16.5 Å². The van der Waals surface area contributed by atoms with Crippen LogP contribution in [0.5, 0.6) is 0 Å². The Morgan fingerprint density at radius 1 is 1.37 bits per heavy atom. The fraction of sp³-hybridized carbons (Fsp3) is 0.533. The van der Waals surface area contributed by atoms with Gasteiger partial charge in [-0.3, -0.25) is 0 Å². The lowest BCUT2D eigenvalue weighted by Gasteiger charge is -2.27. The molecule has 0 amide bonds. The van der Waals surface area contributed by atoms with Crippen molar-refractivity contribution in [3.05, 3.63) is 18.2 Å². The maximum absolute atomic E-state index is 5.78. The molecule has 1 fully saturated rings. The number of H-pyrrole nitrogens is 1. The quantitative estimate of drug-likeness (QED) is 0.735. The van der Waals surface area contributed by atoms with Crippen molar-refractivity contribution < 1.29 is 0 Å². The lowest BCUT2D eigenvalue weighted by atomic mass is 9.83. The summed E-state index contributed by atoms with van der Waals surface area (Å²) in [5.41, 5.74) is 8.98. The van der Waals surface area contributed by atoms with Crippen molar-refractivity contribution in [2.75, 3.05) is 17.6 Å². The van der Waals surface area contributed by atoms with Crippen LogP contribution in [0.25, 0.3) is 11.0 Å². The van der Waals surface area contributed by atoms with Gasteiger partial charge >= 0.3 is 0 Å². The predicted octanol–water partition coefficient (Wildman–Crippen LogP) is 3.53. The molecule has 0 bridgehead atoms. The molecule has 0 aliphatic heterocycles. The first-order chi connectivity index (χ1) is 9.21. The topological polar surface area (TPSA) is 66.7 Å². The van der Waals surface area contributed by atoms with E-state index in [4.69, 9.17) is 5.73 Å². The first kappa shape index (κ1) is 12.3. The summed E-state index contributed by atoms with van der Waals surface area (Å²) in [5.74, 6) is 0.861. The molecular formula is C15H22N4. The number of nitrogens with zero attached hydrogens (tertiary/aromatic N) is 1. The Hall–Kier alpha value is -1.71. The van der Waals surface area contributed by atoms with Crippen LogP contribution in [-0.2, 0) is 0 Å². The van der Waals surface area contributed by atoms with E-state index in [1.54, 1.807) is 0 Å². The highest BCUT2D eigenvalue weighted by molar-refractivity contribution is 5.80. The second kappa shape index (κ2) is 4.76. The third-order valence-electron chi connectivity index (χ3n) is 4.55. The van der Waals surface area contributed by atoms with E-state index in [1.807, 2.05) is 18.2 Å². The highest BCUT2D eigenvalue weighted by Crippen LogP contribution is 2.40. The lowest BCUT2D eigenvalue weighted by molar-refractivity contribution is 0.306. The molecule has 4 nitrogen and oxygen atoms in total. The van der Waals surface area contributed by atoms with Gasteiger partial charge in [0.1, 0.15) is 0 Å². The molecule has 2 aromatic rings. The van der Waals surface area contributed by atoms with Crippen LogP contribution in [0.15, 0.2) is 18.2 Å². The summed E-state index contributed by atoms with van der Waals surface area (Å²) in [6, 6.07) is 5.77. The number of fused-ring (bicyclic) bond motifs is 1. The van der Waals surface area contributed by atoms with E-state index in [9.17, 15) is 0 Å². The number of anilines is 2. The Balaban J connectivity index is 1.74. The second-order valence-corrected chi connectivity index (χ2v) is 5.78. The molecule has 0 unspecified atom stereocenters. The summed E-state index contributed by atoms with van der Waals surface area (Å²) in [6.07, 6.45) is 6.65. The minimum atomic E-state index is 0.470. The highest BCUT2D eigenvalue weighted by Gasteiger charge is 2.31. The van der Waals surface area contributed by atoms with Crippen LogP contribution in [0, 0.1) is 5.41 Å². The number of hydrogen-bond donors (Lipinski definition) is 3. The van der Waals surface area contributed by atoms with E-state index >= 15 is 0 Å². The van der Waals surface area contributed by atoms with Crippen LogP contribution in [0.2, 0.25) is 0 Å². The zero-order valence-corrected chi connectivity index (χ0v) is 11.5. The van der Waals surface area contributed by atoms with E-state index in [0.29, 0.717) is 5.41 Å². The molecule has 102 valence electrons. The Morgan fingerprint density at radius 3 is 2.89 bits per heavy atom. The van der Waals surface area contributed by atoms with Crippen molar-refractivity contribution in [2.45, 2.75) is 39.0 Å². The standard InChI is InChI=1S/C15H22N4/c1-2-15(7-3-4-8-15)10-17-14-18-12-6-5-11(16)9-13(12)19-14/h5-6,9H,2-4,7-8,10,16H2,1H3,(H2,17,18,19). The number of nitrogen functional groups attached to an aromatic ring is 1. The van der Waals surface area contributed by atoms with E-state index < -0.39 is 0 Å². The van der Waals surface area contributed by atoms with Crippen molar-refractivity contribution >= 4 is 22.7 Å². The van der Waals surface area contributed by atoms with Gasteiger partial charge in [-0.25, -0.2) is 4.98 Å². The monoisotopic (exact) mass is 258 g/mol. The molecule has 1 aliphatic carbocycles. The molecule has 0 saturated heterocycles. The number of hydrogen-bond acceptors (Lipinski definition) is 3. The fourth-order valence-corrected chi connectivity index (χ4v) is 3.16. The SMILES string of the molecule is CCC1(CNc2nc3ccc(N)cc3[nH]2)CCCC1. The summed E-state index contributed by atoms with van der Waals surface area (Å²) in [7, 11) is 0. The molecule has 19 heavy (non-hydrogen) atoms. The first-order valence-corrected chi connectivity index (χ1v) is 7.20. The number of rotatable bonds is 4. The average molecular weight is 258 g/mol. The third kappa shape index (κ3) is 2.39. The number of imidazole rings is 1. The molecule has 1 aromatic heterocycles. The molecule has 0 spiro atoms. The molecule has 1 heterocycles. The average Bonchev–Trinajstić information content (AvgIpc) is 3.02. The normalized spacial score (nSPS) is 17.9. The summed E-state index contributed by atoms with van der Waals surface area (Å²) >= 11 is 0. The maximum atomic E-state index is 5.78. The number of nitrogens with one attached hydrogen (secondary N) is 2. The molecule has 1 aromatic carbocycles. The Kier molecular flexibility index (Phi) is 3.09. The minimum absolute atomic E-state index is 0.470. The number of benzene rings is 1. The van der Waals surface area contributed by atoms with Crippen LogP contribution in [0.1, 0.15) is 39.0 Å². The summed E-state index contributed by atoms with van der Waals surface area (Å²) < 4.78 is 0. The minimum Gasteiger partial charge on any atom is -0.399 e. The van der Waals surface area contributed by atoms with E-state index in [0.717, 1.165) is 29.2 Å². The zero-order valence-electron chi connectivity index (χ0n) is 11.5. The number of aromatic amines is 1. The van der Waals surface area contributed by atoms with E-state index in [1.165, 1.54) is 32.1 Å². The van der Waals surface area contributed by atoms with Crippen molar-refractivity contribution in [2.24, 2.45) is 5.41 Å². The summed E-state index contributed by atoms with van der Waals surface area (Å²) in [5, 5.41) is 3.48. The van der Waals surface area contributed by atoms with Crippen LogP contribution >= 0.6 is 0 Å². The van der Waals surface area contributed by atoms with Gasteiger partial charge in [-0.05, 0) is 42.9 Å². The van der Waals surface area contributed by atoms with Crippen LogP contribution < -0.4 is 11.1 Å². The molecule has 4 N–H and O–H groups in total. The smallest absolute Gasteiger partial charge is 0.201 e. The third-order valence-corrected chi connectivity index (χ3v) is 4.55. The van der Waals surface area contributed by atoms with E-state index in [2.05, 4.69) is 22.2 Å². The molecule has 0 atom stereocenters. The van der Waals surface area contributed by atoms with Crippen molar-refractivity contribution in [3.63, 3.8) is 0 Å². The highest BCUT2D eigenvalue weighted by atomic mass is 15.1. The summed E-state index contributed by atoms with van der Waals surface area (Å²) in [4.78, 5) is 7.86. The zero-order chi connectivity index (χ0) is 13.3. The van der Waals surface area contributed by atoms with Crippen molar-refractivity contribution in [1.29, 1.82) is 0 Å². The fourth-order valence-electron chi connectivity index (χ4n) is 3.16. The molecule has 1 aliphatic rings. The Morgan fingerprint density at radius 2 is 2.16 bits per heavy atom. The van der Waals surface area contributed by atoms with Gasteiger partial charge in [-0.15, -0.1) is 0 Å². The molecule has 0 radical (unpaired) electrons. The van der Waals surface area contributed by atoms with Gasteiger partial charge in [-0.2, -0.15) is 0 Å². The van der Waals surface area contributed by atoms with Gasteiger partial charge in [0, 0.05) is 12.2 Å². The van der Waals surface area contributed by atoms with Gasteiger partial charge in [0.15, 0.2) is 0 Å². The van der Waals surface area contributed by atoms with Crippen LogP contribution in [0.4, 0.5) is 11.6 Å². The molecule has 3 rings (SSSR count). The van der Waals surface area contributed by atoms with Crippen molar-refractivity contribution in [3.8, 4) is 0 Å². The molecule has 4 heteroatoms. The van der Waals surface area contributed by atoms with Gasteiger partial charge in [0.2, 0.25) is 5.95 Å². The van der Waals surface area contributed by atoms with Gasteiger partial charge in [0.05, 0.1) is 11.0 Å². The van der Waals surface area contributed by atoms with Gasteiger partial charge in [0.25, 0.3) is 0 Å². The number of nitrogens with two attached hydrogens (primary N) is 1. The largest absolute Gasteiger partial charge is 0.399 e. The van der Waals surface area contributed by atoms with Gasteiger partial charge in [-0.1, -0.05) is 19.8 Å². The first-order valence-electron chi connectivity index (χ1n) is 7.20. The Labute approximate surface area is 113 Å². The summed E-state index contributed by atoms with van der Waals surface area (Å²) in [6.45, 7) is 3.31. The van der Waals surface area contributed by atoms with E-state index in [-0.39, 0.29) is 0 Å². The number of aromatic nitrogens is 2. The van der Waals surface area contributed by atoms with Crippen molar-refractivity contribution in [1.82, 2.24) is 9.97 Å². The molecule has 1 saturated carbocycles. The second-order valence-electron chi connectivity index (χ2n) is 5.78. The predicted molar refractivity (Wildman–Crippen MR) is 80.2 cm³/mol.